The maximum absolute atomic E-state index is 13.4. The minimum absolute atomic E-state index is 0.0789. The van der Waals surface area contributed by atoms with Crippen molar-refractivity contribution < 1.29 is 14.2 Å². The molecule has 0 aliphatic carbocycles. The third kappa shape index (κ3) is 2.57. The van der Waals surface area contributed by atoms with Crippen molar-refractivity contribution in [3.05, 3.63) is 46.5 Å². The summed E-state index contributed by atoms with van der Waals surface area (Å²) < 4.78 is 19.8. The molecule has 0 radical (unpaired) electrons. The molecule has 0 amide bonds. The molecule has 1 aromatic heterocycles. The molecule has 1 unspecified atom stereocenters. The Morgan fingerprint density at radius 2 is 2.26 bits per heavy atom. The summed E-state index contributed by atoms with van der Waals surface area (Å²) in [4.78, 5) is 0. The van der Waals surface area contributed by atoms with Crippen LogP contribution in [0.3, 0.4) is 0 Å². The van der Waals surface area contributed by atoms with Gasteiger partial charge in [-0.3, -0.25) is 4.68 Å². The van der Waals surface area contributed by atoms with E-state index in [1.165, 1.54) is 31.5 Å². The van der Waals surface area contributed by atoms with Gasteiger partial charge < -0.3 is 9.84 Å². The lowest BCUT2D eigenvalue weighted by Crippen LogP contribution is -2.10. The summed E-state index contributed by atoms with van der Waals surface area (Å²) in [6.07, 6.45) is 0.495. The Morgan fingerprint density at radius 1 is 1.53 bits per heavy atom. The Kier molecular flexibility index (Phi) is 4.07. The molecule has 2 rings (SSSR count). The monoisotopic (exact) mass is 284 g/mol. The minimum Gasteiger partial charge on any atom is -0.494 e. The normalized spacial score (nSPS) is 12.5. The number of aliphatic hydroxyl groups excluding tert-OH is 1. The average molecular weight is 285 g/mol. The number of nitrogens with zero attached hydrogens (tertiary/aromatic N) is 2. The number of halogens is 2. The number of rotatable bonds is 4. The Labute approximate surface area is 115 Å². The number of ether oxygens (including phenoxy) is 1. The van der Waals surface area contributed by atoms with E-state index >= 15 is 0 Å². The molecule has 0 saturated carbocycles. The number of benzene rings is 1. The number of hydrogen-bond donors (Lipinski definition) is 1. The fraction of sp³-hybridized carbons (Fsp3) is 0.308. The van der Waals surface area contributed by atoms with Gasteiger partial charge in [0.15, 0.2) is 11.6 Å². The smallest absolute Gasteiger partial charge is 0.165 e. The Hall–Kier alpha value is -1.59. The highest BCUT2D eigenvalue weighted by Crippen LogP contribution is 2.30. The quantitative estimate of drug-likeness (QED) is 0.939. The van der Waals surface area contributed by atoms with E-state index in [1.807, 2.05) is 6.92 Å². The summed E-state index contributed by atoms with van der Waals surface area (Å²) in [6.45, 7) is 2.47. The van der Waals surface area contributed by atoms with E-state index in [9.17, 15) is 9.50 Å². The number of aryl methyl sites for hydroxylation is 1. The van der Waals surface area contributed by atoms with Crippen molar-refractivity contribution in [1.29, 1.82) is 0 Å². The number of hydrogen-bond acceptors (Lipinski definition) is 3. The topological polar surface area (TPSA) is 47.3 Å². The van der Waals surface area contributed by atoms with Crippen LogP contribution in [0.25, 0.3) is 0 Å². The summed E-state index contributed by atoms with van der Waals surface area (Å²) in [6, 6.07) is 4.19. The first-order chi connectivity index (χ1) is 9.08. The zero-order chi connectivity index (χ0) is 14.0. The van der Waals surface area contributed by atoms with Crippen LogP contribution in [-0.2, 0) is 6.54 Å². The highest BCUT2D eigenvalue weighted by Gasteiger charge is 2.20. The molecule has 0 bridgehead atoms. The first kappa shape index (κ1) is 13.8. The average Bonchev–Trinajstić information content (AvgIpc) is 2.79. The molecular weight excluding hydrogens is 271 g/mol. The maximum atomic E-state index is 13.4. The van der Waals surface area contributed by atoms with Crippen molar-refractivity contribution in [3.8, 4) is 5.75 Å². The van der Waals surface area contributed by atoms with Crippen LogP contribution < -0.4 is 4.74 Å². The van der Waals surface area contributed by atoms with Gasteiger partial charge in [-0.25, -0.2) is 4.39 Å². The second-order valence-corrected chi connectivity index (χ2v) is 4.40. The molecule has 0 saturated heterocycles. The minimum atomic E-state index is -0.982. The Balaban J connectivity index is 2.43. The van der Waals surface area contributed by atoms with Crippen molar-refractivity contribution in [3.63, 3.8) is 0 Å². The van der Waals surface area contributed by atoms with E-state index < -0.39 is 11.9 Å². The van der Waals surface area contributed by atoms with Crippen LogP contribution in [0, 0.1) is 5.82 Å². The third-order valence-electron chi connectivity index (χ3n) is 2.88. The molecule has 2 aromatic rings. The van der Waals surface area contributed by atoms with E-state index in [0.29, 0.717) is 22.8 Å². The number of aliphatic hydroxyl groups is 1. The zero-order valence-corrected chi connectivity index (χ0v) is 11.4. The van der Waals surface area contributed by atoms with Crippen LogP contribution >= 0.6 is 11.6 Å². The van der Waals surface area contributed by atoms with Gasteiger partial charge in [0, 0.05) is 6.54 Å². The summed E-state index contributed by atoms with van der Waals surface area (Å²) in [5.41, 5.74) is 0.980. The number of methoxy groups -OCH3 is 1. The van der Waals surface area contributed by atoms with Crippen molar-refractivity contribution in [2.24, 2.45) is 0 Å². The Bertz CT molecular complexity index is 586. The predicted octanol–water partition coefficient (Wildman–Crippen LogP) is 2.79. The first-order valence-electron chi connectivity index (χ1n) is 5.81. The molecule has 19 heavy (non-hydrogen) atoms. The SMILES string of the molecule is CCn1ncc(Cl)c1C(O)c1ccc(F)c(OC)c1. The molecule has 0 aliphatic rings. The summed E-state index contributed by atoms with van der Waals surface area (Å²) in [5, 5.41) is 14.8. The molecule has 1 atom stereocenters. The van der Waals surface area contributed by atoms with Crippen molar-refractivity contribution >= 4 is 11.6 Å². The van der Waals surface area contributed by atoms with Crippen LogP contribution in [0.5, 0.6) is 5.75 Å². The molecular formula is C13H14ClFN2O2. The summed E-state index contributed by atoms with van der Waals surface area (Å²) in [7, 11) is 1.37. The van der Waals surface area contributed by atoms with Crippen LogP contribution in [0.4, 0.5) is 4.39 Å². The van der Waals surface area contributed by atoms with Gasteiger partial charge in [-0.05, 0) is 24.6 Å². The maximum Gasteiger partial charge on any atom is 0.165 e. The van der Waals surface area contributed by atoms with Gasteiger partial charge in [0.2, 0.25) is 0 Å². The van der Waals surface area contributed by atoms with Gasteiger partial charge >= 0.3 is 0 Å². The third-order valence-corrected chi connectivity index (χ3v) is 3.17. The molecule has 1 heterocycles. The second kappa shape index (κ2) is 5.59. The fourth-order valence-electron chi connectivity index (χ4n) is 1.90. The standard InChI is InChI=1S/C13H14ClFN2O2/c1-3-17-12(9(14)7-16-17)13(18)8-4-5-10(15)11(6-8)19-2/h4-7,13,18H,3H2,1-2H3. The molecule has 6 heteroatoms. The van der Waals surface area contributed by atoms with Crippen molar-refractivity contribution in [1.82, 2.24) is 9.78 Å². The van der Waals surface area contributed by atoms with E-state index in [-0.39, 0.29) is 5.75 Å². The Morgan fingerprint density at radius 3 is 2.89 bits per heavy atom. The molecule has 1 aromatic carbocycles. The van der Waals surface area contributed by atoms with Crippen LogP contribution in [-0.4, -0.2) is 22.0 Å². The van der Waals surface area contributed by atoms with Crippen LogP contribution in [0.1, 0.15) is 24.3 Å². The summed E-state index contributed by atoms with van der Waals surface area (Å²) in [5.74, 6) is -0.399. The van der Waals surface area contributed by atoms with Gasteiger partial charge in [-0.2, -0.15) is 5.10 Å². The fourth-order valence-corrected chi connectivity index (χ4v) is 2.14. The summed E-state index contributed by atoms with van der Waals surface area (Å²) >= 11 is 6.02. The van der Waals surface area contributed by atoms with Crippen LogP contribution in [0.15, 0.2) is 24.4 Å². The van der Waals surface area contributed by atoms with Gasteiger partial charge in [-0.1, -0.05) is 17.7 Å². The lowest BCUT2D eigenvalue weighted by Gasteiger charge is -2.14. The molecule has 102 valence electrons. The molecule has 0 fully saturated rings. The highest BCUT2D eigenvalue weighted by molar-refractivity contribution is 6.31. The second-order valence-electron chi connectivity index (χ2n) is 3.99. The van der Waals surface area contributed by atoms with Crippen molar-refractivity contribution in [2.45, 2.75) is 19.6 Å². The molecule has 4 nitrogen and oxygen atoms in total. The first-order valence-corrected chi connectivity index (χ1v) is 6.19. The van der Waals surface area contributed by atoms with Gasteiger partial charge in [0.1, 0.15) is 6.10 Å². The molecule has 0 aliphatic heterocycles. The highest BCUT2D eigenvalue weighted by atomic mass is 35.5. The van der Waals surface area contributed by atoms with E-state index in [4.69, 9.17) is 16.3 Å². The zero-order valence-electron chi connectivity index (χ0n) is 10.6. The molecule has 1 N–H and O–H groups in total. The van der Waals surface area contributed by atoms with Gasteiger partial charge in [0.05, 0.1) is 24.0 Å². The van der Waals surface area contributed by atoms with Crippen molar-refractivity contribution in [2.75, 3.05) is 7.11 Å². The van der Waals surface area contributed by atoms with E-state index in [0.717, 1.165) is 0 Å². The van der Waals surface area contributed by atoms with Gasteiger partial charge in [0.25, 0.3) is 0 Å². The van der Waals surface area contributed by atoms with E-state index in [2.05, 4.69) is 5.10 Å². The molecule has 0 spiro atoms. The largest absolute Gasteiger partial charge is 0.494 e. The lowest BCUT2D eigenvalue weighted by molar-refractivity contribution is 0.207. The lowest BCUT2D eigenvalue weighted by atomic mass is 10.1. The van der Waals surface area contributed by atoms with E-state index in [1.54, 1.807) is 4.68 Å². The van der Waals surface area contributed by atoms with Crippen LogP contribution in [0.2, 0.25) is 5.02 Å². The van der Waals surface area contributed by atoms with Gasteiger partial charge in [-0.15, -0.1) is 0 Å². The predicted molar refractivity (Wildman–Crippen MR) is 69.9 cm³/mol. The number of aromatic nitrogens is 2.